The Morgan fingerprint density at radius 2 is 0.598 bits per heavy atom. The molecular formula is C96H62BN5. The molecule has 0 unspecified atom stereocenters. The van der Waals surface area contributed by atoms with Crippen LogP contribution in [0.15, 0.2) is 376 Å². The summed E-state index contributed by atoms with van der Waals surface area (Å²) >= 11 is 0. The molecule has 102 heavy (non-hydrogen) atoms. The lowest BCUT2D eigenvalue weighted by molar-refractivity contribution is 1.17. The van der Waals surface area contributed by atoms with E-state index in [1.807, 2.05) is 234 Å². The van der Waals surface area contributed by atoms with Crippen LogP contribution in [0.25, 0.3) is 138 Å². The van der Waals surface area contributed by atoms with Gasteiger partial charge in [-0.15, -0.1) is 0 Å². The molecule has 2 aliphatic heterocycles. The molecule has 5 nitrogen and oxygen atoms in total. The number of hydrogen-bond acceptors (Lipinski definition) is 2. The summed E-state index contributed by atoms with van der Waals surface area (Å²) in [7, 11) is 0. The highest BCUT2D eigenvalue weighted by molar-refractivity contribution is 7.00. The zero-order valence-electron chi connectivity index (χ0n) is 75.9. The third-order valence-corrected chi connectivity index (χ3v) is 19.9. The van der Waals surface area contributed by atoms with Crippen LogP contribution >= 0.6 is 0 Å². The molecule has 5 heterocycles. The second kappa shape index (κ2) is 23.1. The van der Waals surface area contributed by atoms with Gasteiger partial charge in [0, 0.05) is 94.4 Å². The van der Waals surface area contributed by atoms with Gasteiger partial charge in [-0.1, -0.05) is 285 Å². The molecule has 0 fully saturated rings. The third kappa shape index (κ3) is 8.79. The van der Waals surface area contributed by atoms with Gasteiger partial charge in [0.15, 0.2) is 0 Å². The molecule has 0 aliphatic carbocycles. The van der Waals surface area contributed by atoms with Gasteiger partial charge in [0.05, 0.1) is 74.6 Å². The van der Waals surface area contributed by atoms with E-state index in [4.69, 9.17) is 5.48 Å². The maximum atomic E-state index is 11.7. The van der Waals surface area contributed by atoms with Gasteiger partial charge in [0.1, 0.15) is 0 Å². The van der Waals surface area contributed by atoms with Crippen molar-refractivity contribution in [3.05, 3.63) is 376 Å². The van der Waals surface area contributed by atoms with E-state index in [1.54, 1.807) is 0 Å². The van der Waals surface area contributed by atoms with Crippen molar-refractivity contribution in [1.29, 1.82) is 0 Å². The number of nitrogens with zero attached hydrogens (tertiary/aromatic N) is 5. The number of anilines is 6. The molecular weight excluding hydrogens is 1230 g/mol. The molecule has 0 atom stereocenters. The molecule has 474 valence electrons. The van der Waals surface area contributed by atoms with Crippen LogP contribution in [-0.4, -0.2) is 20.4 Å². The first-order chi connectivity index (χ1) is 59.8. The Labute approximate surface area is 622 Å². The Bertz CT molecular complexity index is 7310. The molecule has 0 bridgehead atoms. The Hall–Kier alpha value is -13.4. The maximum absolute atomic E-state index is 11.7. The van der Waals surface area contributed by atoms with E-state index in [9.17, 15) is 24.7 Å². The van der Waals surface area contributed by atoms with Gasteiger partial charge in [0.25, 0.3) is 6.71 Å². The molecule has 0 saturated heterocycles. The average molecular weight is 1320 g/mol. The second-order valence-electron chi connectivity index (χ2n) is 25.4. The minimum atomic E-state index is -1.68. The standard InChI is InChI=1S/C96H62BN5/c1-6-28-63(29-7-1)72-43-26-44-73(64-30-8-2-9-31-64)95(72)101-90-61-70(99-84-47-21-16-38-76(84)77-39-17-22-48-85(77)99)53-55-82(90)97-83-56-54-71(100-86-49-23-18-40-78(86)79-41-19-24-50-87(79)100)62-91(83)102(96-74(65-32-10-3-11-33-65)45-27-46-75(96)66-34-12-4-13-35-66)93-60-68(59-92(101)94(93)97)67-52-57-89-81(58-67)80-42-20-25-51-88(80)98(89)69-36-14-5-15-37-69/h1-62H/i16D,17D,18D,19D,21D,22D,23D,24D,38D,39D,40D,41D,47D,48D,49D,50D,53D,54D,55D,56D,61D,62D. The maximum Gasteiger partial charge on any atom is 0.252 e. The van der Waals surface area contributed by atoms with Crippen molar-refractivity contribution in [2.45, 2.75) is 0 Å². The molecule has 3 aromatic heterocycles. The minimum Gasteiger partial charge on any atom is -0.310 e. The fraction of sp³-hybridized carbons (Fsp3) is 0. The monoisotopic (exact) mass is 1320 g/mol. The van der Waals surface area contributed by atoms with Crippen molar-refractivity contribution in [2.75, 3.05) is 9.80 Å². The fourth-order valence-corrected chi connectivity index (χ4v) is 15.6. The summed E-state index contributed by atoms with van der Waals surface area (Å²) in [6, 6.07) is 61.4. The summed E-state index contributed by atoms with van der Waals surface area (Å²) in [6.45, 7) is -1.68. The van der Waals surface area contributed by atoms with E-state index < -0.39 is 173 Å². The summed E-state index contributed by atoms with van der Waals surface area (Å²) < 4.78 is 225. The second-order valence-corrected chi connectivity index (χ2v) is 25.4. The average Bonchev–Trinajstić information content (AvgIpc) is 1.05. The van der Waals surface area contributed by atoms with Crippen LogP contribution < -0.4 is 26.2 Å². The highest BCUT2D eigenvalue weighted by atomic mass is 15.2. The molecule has 19 aromatic rings. The number of benzene rings is 16. The van der Waals surface area contributed by atoms with Crippen molar-refractivity contribution < 1.29 is 30.2 Å². The lowest BCUT2D eigenvalue weighted by atomic mass is 9.33. The predicted octanol–water partition coefficient (Wildman–Crippen LogP) is 23.4. The summed E-state index contributed by atoms with van der Waals surface area (Å²) in [5.41, 5.74) is 6.45. The summed E-state index contributed by atoms with van der Waals surface area (Å²) in [4.78, 5) is 3.70. The lowest BCUT2D eigenvalue weighted by Crippen LogP contribution is -2.61. The molecule has 0 N–H and O–H groups in total. The van der Waals surface area contributed by atoms with Crippen molar-refractivity contribution in [3.8, 4) is 72.7 Å². The quantitative estimate of drug-likeness (QED) is 0.127. The van der Waals surface area contributed by atoms with E-state index in [1.165, 1.54) is 0 Å². The predicted molar refractivity (Wildman–Crippen MR) is 431 cm³/mol. The molecule has 0 radical (unpaired) electrons. The van der Waals surface area contributed by atoms with Crippen LogP contribution in [0.2, 0.25) is 0 Å². The van der Waals surface area contributed by atoms with Crippen molar-refractivity contribution in [2.24, 2.45) is 0 Å². The molecule has 0 spiro atoms. The molecule has 2 aliphatic rings. The normalized spacial score (nSPS) is 15.5. The van der Waals surface area contributed by atoms with Gasteiger partial charge in [-0.05, 0) is 141 Å². The molecule has 6 heteroatoms. The smallest absolute Gasteiger partial charge is 0.252 e. The van der Waals surface area contributed by atoms with Crippen LogP contribution in [-0.2, 0) is 0 Å². The summed E-state index contributed by atoms with van der Waals surface area (Å²) in [6.07, 6.45) is 0. The fourth-order valence-electron chi connectivity index (χ4n) is 15.6. The van der Waals surface area contributed by atoms with E-state index in [-0.39, 0.29) is 60.7 Å². The first kappa shape index (κ1) is 39.9. The van der Waals surface area contributed by atoms with E-state index in [2.05, 4.69) is 22.8 Å². The van der Waals surface area contributed by atoms with Crippen LogP contribution in [0.1, 0.15) is 30.2 Å². The van der Waals surface area contributed by atoms with Crippen molar-refractivity contribution in [1.82, 2.24) is 13.7 Å². The number of para-hydroxylation sites is 8. The lowest BCUT2D eigenvalue weighted by Gasteiger charge is -2.46. The number of aromatic nitrogens is 3. The number of hydrogen-bond donors (Lipinski definition) is 0. The van der Waals surface area contributed by atoms with Gasteiger partial charge in [-0.3, -0.25) is 0 Å². The molecule has 0 amide bonds. The highest BCUT2D eigenvalue weighted by Crippen LogP contribution is 2.55. The van der Waals surface area contributed by atoms with Gasteiger partial charge in [0.2, 0.25) is 0 Å². The Morgan fingerprint density at radius 3 is 1.02 bits per heavy atom. The van der Waals surface area contributed by atoms with Crippen LogP contribution in [0.5, 0.6) is 0 Å². The van der Waals surface area contributed by atoms with Crippen LogP contribution in [0.3, 0.4) is 0 Å². The van der Waals surface area contributed by atoms with Crippen molar-refractivity contribution >= 4 is 123 Å². The zero-order valence-corrected chi connectivity index (χ0v) is 53.9. The Balaban J connectivity index is 1.02. The minimum absolute atomic E-state index is 0.178. The summed E-state index contributed by atoms with van der Waals surface area (Å²) in [5, 5.41) is 0.274. The summed E-state index contributed by atoms with van der Waals surface area (Å²) in [5.74, 6) is 0. The van der Waals surface area contributed by atoms with E-state index >= 15 is 0 Å². The van der Waals surface area contributed by atoms with Gasteiger partial charge >= 0.3 is 0 Å². The molecule has 16 aromatic carbocycles. The molecule has 0 saturated carbocycles. The van der Waals surface area contributed by atoms with Gasteiger partial charge < -0.3 is 23.5 Å². The van der Waals surface area contributed by atoms with Crippen molar-refractivity contribution in [3.63, 3.8) is 0 Å². The first-order valence-electron chi connectivity index (χ1n) is 44.5. The van der Waals surface area contributed by atoms with E-state index in [0.29, 0.717) is 67.0 Å². The van der Waals surface area contributed by atoms with Gasteiger partial charge in [-0.2, -0.15) is 0 Å². The van der Waals surface area contributed by atoms with Crippen LogP contribution in [0, 0.1) is 0 Å². The Kier molecular flexibility index (Phi) is 9.03. The van der Waals surface area contributed by atoms with Crippen LogP contribution in [0.4, 0.5) is 34.1 Å². The topological polar surface area (TPSA) is 21.3 Å². The largest absolute Gasteiger partial charge is 0.310 e. The SMILES string of the molecule is [2H]c1c([2H])c(-n2c3c([2H])c([2H])c([2H])c([2H])c3c3c([2H])c([2H])c([2H])c([2H])c32)c([2H])c2c1B1c3c(cc(-c4ccc5c(c4)c4ccccc4n5-c4ccccc4)cc3N(c3c(-c4ccccc4)cccc3-c3ccccc3)c3c([2H])c(-n4c5c([2H])c([2H])c([2H])c([2H])c5c5c([2H])c([2H])c([2H])c([2H])c54)c([2H])c([2H])c31)N2c1c(-c2ccccc2)cccc1-c1ccccc1. The zero-order chi connectivity index (χ0) is 86.1. The highest BCUT2D eigenvalue weighted by Gasteiger charge is 2.46. The first-order valence-corrected chi connectivity index (χ1v) is 33.5. The third-order valence-electron chi connectivity index (χ3n) is 19.9. The van der Waals surface area contributed by atoms with Gasteiger partial charge in [-0.25, -0.2) is 0 Å². The van der Waals surface area contributed by atoms with E-state index in [0.717, 1.165) is 36.6 Å². The molecule has 21 rings (SSSR count). The number of rotatable bonds is 10. The number of fused-ring (bicyclic) bond motifs is 13. The Morgan fingerprint density at radius 1 is 0.235 bits per heavy atom.